The number of nitrogens with one attached hydrogen (secondary N) is 1. The van der Waals surface area contributed by atoms with Gasteiger partial charge in [-0.3, -0.25) is 9.89 Å². The number of hydrogen-bond donors (Lipinski definition) is 6. The molecule has 0 bridgehead atoms. The molecule has 0 saturated carbocycles. The summed E-state index contributed by atoms with van der Waals surface area (Å²) < 4.78 is 17.2. The van der Waals surface area contributed by atoms with E-state index in [1.807, 2.05) is 39.0 Å². The topological polar surface area (TPSA) is 180 Å². The molecule has 2 aromatic rings. The summed E-state index contributed by atoms with van der Waals surface area (Å²) in [4.78, 5) is 10.8. The van der Waals surface area contributed by atoms with Crippen molar-refractivity contribution in [3.8, 4) is 11.6 Å². The quantitative estimate of drug-likeness (QED) is 0.210. The maximum Gasteiger partial charge on any atom is 0.238 e. The fourth-order valence-electron chi connectivity index (χ4n) is 4.30. The van der Waals surface area contributed by atoms with Crippen molar-refractivity contribution in [3.63, 3.8) is 0 Å². The van der Waals surface area contributed by atoms with Gasteiger partial charge < -0.3 is 40.4 Å². The minimum Gasteiger partial charge on any atom is -0.494 e. The highest BCUT2D eigenvalue weighted by molar-refractivity contribution is 5.73. The largest absolute Gasteiger partial charge is 0.494 e. The molecule has 0 spiro atoms. The number of aliphatic hydroxyl groups is 4. The van der Waals surface area contributed by atoms with Gasteiger partial charge in [-0.05, 0) is 55.4 Å². The Morgan fingerprint density at radius 2 is 1.92 bits per heavy atom. The van der Waals surface area contributed by atoms with E-state index in [0.717, 1.165) is 47.4 Å². The molecule has 1 saturated heterocycles. The molecule has 1 aliphatic rings. The van der Waals surface area contributed by atoms with Gasteiger partial charge in [-0.2, -0.15) is 0 Å². The van der Waals surface area contributed by atoms with E-state index in [0.29, 0.717) is 19.4 Å². The number of carbonyl (C=O) groups is 1. The van der Waals surface area contributed by atoms with Crippen molar-refractivity contribution in [1.82, 2.24) is 10.2 Å². The van der Waals surface area contributed by atoms with Crippen LogP contribution >= 0.6 is 0 Å². The number of aromatic nitrogens is 2. The Hall–Kier alpha value is -2.70. The standard InChI is InChI=1S/C26H39N3O8/c1-14(2)21-18(25(29-28-21)37-26-24(34)23(33)22(32)19(13-30)36-26)12-16-8-9-17(11-15(16)3)35-10-6-4-5-7-20(27)31/h8-9,11,14,19,22-24,26,30,32-34H,4-7,10,12-13H2,1-3H3,(H2,27,31)(H,28,29)/t19-,22-,23+,24-,26+/m1/s1. The van der Waals surface area contributed by atoms with Gasteiger partial charge in [-0.1, -0.05) is 19.9 Å². The first kappa shape index (κ1) is 28.9. The van der Waals surface area contributed by atoms with E-state index in [1.54, 1.807) is 0 Å². The van der Waals surface area contributed by atoms with Crippen LogP contribution in [0.15, 0.2) is 18.2 Å². The van der Waals surface area contributed by atoms with Crippen LogP contribution in [0.5, 0.6) is 11.6 Å². The fraction of sp³-hybridized carbons (Fsp3) is 0.615. The van der Waals surface area contributed by atoms with Crippen molar-refractivity contribution in [2.75, 3.05) is 13.2 Å². The number of amides is 1. The average molecular weight is 522 g/mol. The smallest absolute Gasteiger partial charge is 0.238 e. The minimum absolute atomic E-state index is 0.104. The Morgan fingerprint density at radius 1 is 1.16 bits per heavy atom. The second-order valence-electron chi connectivity index (χ2n) is 9.78. The van der Waals surface area contributed by atoms with E-state index in [9.17, 15) is 25.2 Å². The van der Waals surface area contributed by atoms with E-state index in [1.165, 1.54) is 0 Å². The molecule has 1 aliphatic heterocycles. The SMILES string of the molecule is Cc1cc(OCCCCCC(N)=O)ccc1Cc1c(O[C@@H]2O[C@H](CO)[C@@H](O)[C@H](O)[C@H]2O)n[nH]c1C(C)C. The van der Waals surface area contributed by atoms with Crippen LogP contribution in [0, 0.1) is 6.92 Å². The van der Waals surface area contributed by atoms with Gasteiger partial charge in [0.1, 0.15) is 30.2 Å². The van der Waals surface area contributed by atoms with Crippen LogP contribution in [0.4, 0.5) is 0 Å². The molecule has 3 rings (SSSR count). The number of aryl methyl sites for hydroxylation is 1. The average Bonchev–Trinajstić information content (AvgIpc) is 3.25. The number of benzene rings is 1. The number of hydrogen-bond acceptors (Lipinski definition) is 9. The van der Waals surface area contributed by atoms with Crippen molar-refractivity contribution < 1.29 is 39.4 Å². The lowest BCUT2D eigenvalue weighted by Crippen LogP contribution is -2.60. The van der Waals surface area contributed by atoms with Gasteiger partial charge in [-0.25, -0.2) is 0 Å². The molecule has 0 radical (unpaired) electrons. The first-order valence-electron chi connectivity index (χ1n) is 12.7. The van der Waals surface area contributed by atoms with Gasteiger partial charge in [0.25, 0.3) is 0 Å². The second kappa shape index (κ2) is 13.2. The lowest BCUT2D eigenvalue weighted by Gasteiger charge is -2.39. The van der Waals surface area contributed by atoms with Crippen molar-refractivity contribution in [3.05, 3.63) is 40.6 Å². The molecule has 2 heterocycles. The minimum atomic E-state index is -1.54. The van der Waals surface area contributed by atoms with Crippen molar-refractivity contribution in [2.45, 2.75) is 89.5 Å². The third-order valence-electron chi connectivity index (χ3n) is 6.53. The molecular weight excluding hydrogens is 482 g/mol. The van der Waals surface area contributed by atoms with E-state index in [-0.39, 0.29) is 17.7 Å². The lowest BCUT2D eigenvalue weighted by atomic mass is 9.96. The summed E-state index contributed by atoms with van der Waals surface area (Å²) >= 11 is 0. The van der Waals surface area contributed by atoms with Crippen LogP contribution in [0.1, 0.15) is 67.8 Å². The number of ether oxygens (including phenoxy) is 3. The monoisotopic (exact) mass is 521 g/mol. The molecule has 1 fully saturated rings. The predicted molar refractivity (Wildman–Crippen MR) is 134 cm³/mol. The first-order valence-corrected chi connectivity index (χ1v) is 12.7. The number of rotatable bonds is 13. The molecule has 1 aromatic carbocycles. The second-order valence-corrected chi connectivity index (χ2v) is 9.78. The van der Waals surface area contributed by atoms with E-state index < -0.39 is 37.3 Å². The van der Waals surface area contributed by atoms with Crippen LogP contribution < -0.4 is 15.2 Å². The number of carbonyl (C=O) groups excluding carboxylic acids is 1. The summed E-state index contributed by atoms with van der Waals surface area (Å²) in [5, 5.41) is 47.3. The summed E-state index contributed by atoms with van der Waals surface area (Å²) in [6.07, 6.45) is -3.60. The molecule has 0 unspecified atom stereocenters. The van der Waals surface area contributed by atoms with Crippen molar-refractivity contribution in [1.29, 1.82) is 0 Å². The molecule has 0 aliphatic carbocycles. The summed E-state index contributed by atoms with van der Waals surface area (Å²) in [5.41, 5.74) is 8.83. The zero-order valence-electron chi connectivity index (χ0n) is 21.6. The maximum atomic E-state index is 10.8. The predicted octanol–water partition coefficient (Wildman–Crippen LogP) is 1.04. The van der Waals surface area contributed by atoms with Gasteiger partial charge >= 0.3 is 0 Å². The Labute approximate surface area is 216 Å². The van der Waals surface area contributed by atoms with Crippen LogP contribution in [0.3, 0.4) is 0 Å². The third-order valence-corrected chi connectivity index (χ3v) is 6.53. The molecule has 1 aromatic heterocycles. The highest BCUT2D eigenvalue weighted by Crippen LogP contribution is 2.32. The summed E-state index contributed by atoms with van der Waals surface area (Å²) in [6, 6.07) is 5.84. The van der Waals surface area contributed by atoms with E-state index in [4.69, 9.17) is 19.9 Å². The van der Waals surface area contributed by atoms with Gasteiger partial charge in [0.15, 0.2) is 0 Å². The Kier molecular flexibility index (Phi) is 10.3. The third kappa shape index (κ3) is 7.42. The molecular formula is C26H39N3O8. The van der Waals surface area contributed by atoms with Crippen LogP contribution in [0.2, 0.25) is 0 Å². The molecule has 5 atom stereocenters. The van der Waals surface area contributed by atoms with Crippen LogP contribution in [0.25, 0.3) is 0 Å². The summed E-state index contributed by atoms with van der Waals surface area (Å²) in [6.45, 7) is 6.02. The van der Waals surface area contributed by atoms with Gasteiger partial charge in [0, 0.05) is 24.1 Å². The van der Waals surface area contributed by atoms with Crippen LogP contribution in [-0.2, 0) is 16.0 Å². The van der Waals surface area contributed by atoms with Gasteiger partial charge in [-0.15, -0.1) is 5.10 Å². The lowest BCUT2D eigenvalue weighted by molar-refractivity contribution is -0.278. The van der Waals surface area contributed by atoms with E-state index >= 15 is 0 Å². The molecule has 11 nitrogen and oxygen atoms in total. The Morgan fingerprint density at radius 3 is 2.57 bits per heavy atom. The molecule has 37 heavy (non-hydrogen) atoms. The van der Waals surface area contributed by atoms with Gasteiger partial charge in [0.05, 0.1) is 13.2 Å². The number of nitrogens with two attached hydrogens (primary N) is 1. The highest BCUT2D eigenvalue weighted by atomic mass is 16.7. The summed E-state index contributed by atoms with van der Waals surface area (Å²) in [7, 11) is 0. The number of aromatic amines is 1. The molecule has 206 valence electrons. The van der Waals surface area contributed by atoms with Crippen molar-refractivity contribution >= 4 is 5.91 Å². The molecule has 7 N–H and O–H groups in total. The Bertz CT molecular complexity index is 1030. The summed E-state index contributed by atoms with van der Waals surface area (Å²) in [5.74, 6) is 0.785. The fourth-order valence-corrected chi connectivity index (χ4v) is 4.30. The number of aliphatic hydroxyl groups excluding tert-OH is 4. The van der Waals surface area contributed by atoms with Crippen LogP contribution in [-0.4, -0.2) is 80.5 Å². The van der Waals surface area contributed by atoms with E-state index in [2.05, 4.69) is 10.2 Å². The molecule has 11 heteroatoms. The van der Waals surface area contributed by atoms with Crippen molar-refractivity contribution in [2.24, 2.45) is 5.73 Å². The first-order chi connectivity index (χ1) is 17.6. The zero-order valence-corrected chi connectivity index (χ0v) is 21.6. The van der Waals surface area contributed by atoms with Gasteiger partial charge in [0.2, 0.25) is 18.1 Å². The normalized spacial score (nSPS) is 23.8. The Balaban J connectivity index is 1.70. The number of primary amides is 1. The highest BCUT2D eigenvalue weighted by Gasteiger charge is 2.45. The number of H-pyrrole nitrogens is 1. The number of unbranched alkanes of at least 4 members (excludes halogenated alkanes) is 2. The maximum absolute atomic E-state index is 10.8. The zero-order chi connectivity index (χ0) is 27.1. The molecule has 1 amide bonds. The number of nitrogens with zero attached hydrogens (tertiary/aromatic N) is 1.